The van der Waals surface area contributed by atoms with Gasteiger partial charge in [0.15, 0.2) is 16.9 Å². The van der Waals surface area contributed by atoms with E-state index in [4.69, 9.17) is 47.4 Å². The van der Waals surface area contributed by atoms with E-state index < -0.39 is 82.9 Å². The fraction of sp³-hybridized carbons (Fsp3) is 0.421. The molecule has 5 aromatic rings. The highest BCUT2D eigenvalue weighted by atomic mass is 32.2. The number of esters is 8. The average molecular weight is 1410 g/mol. The molecule has 0 spiro atoms. The lowest BCUT2D eigenvalue weighted by atomic mass is 9.87. The number of unbranched alkanes of at least 4 members (excludes halogenated alkanes) is 2. The average Bonchev–Trinajstić information content (AvgIpc) is 1.57. The quantitative estimate of drug-likeness (QED) is 0.00856. The number of nitrogens with zero attached hydrogens (tertiary/aromatic N) is 2. The molecule has 0 unspecified atom stereocenters. The molecule has 9 rings (SSSR count). The number of anilines is 2. The monoisotopic (exact) mass is 1410 g/mol. The number of carbonyl (C=O) groups is 10. The summed E-state index contributed by atoms with van der Waals surface area (Å²) in [4.78, 5) is 142. The van der Waals surface area contributed by atoms with Gasteiger partial charge in [-0.2, -0.15) is 0 Å². The first-order chi connectivity index (χ1) is 48.3. The zero-order valence-electron chi connectivity index (χ0n) is 57.6. The first-order valence-electron chi connectivity index (χ1n) is 34.1. The highest BCUT2D eigenvalue weighted by Crippen LogP contribution is 2.60. The van der Waals surface area contributed by atoms with Gasteiger partial charge in [0, 0.05) is 70.4 Å². The van der Waals surface area contributed by atoms with Crippen molar-refractivity contribution < 1.29 is 95.3 Å². The van der Waals surface area contributed by atoms with Crippen molar-refractivity contribution in [2.75, 3.05) is 63.5 Å². The number of benzene rings is 5. The summed E-state index contributed by atoms with van der Waals surface area (Å²) < 4.78 is 57.9. The number of ether oxygens (including phenoxy) is 10. The fourth-order valence-electron chi connectivity index (χ4n) is 11.8. The maximum absolute atomic E-state index is 14.8. The van der Waals surface area contributed by atoms with Crippen LogP contribution in [0.2, 0.25) is 0 Å². The summed E-state index contributed by atoms with van der Waals surface area (Å²) in [7, 11) is 3.28. The predicted octanol–water partition coefficient (Wildman–Crippen LogP) is 13.3. The summed E-state index contributed by atoms with van der Waals surface area (Å²) in [6.07, 6.45) is 4.36. The molecule has 0 bridgehead atoms. The largest absolute Gasteiger partial charge is 0.494 e. The number of hydrogen-bond acceptors (Lipinski definition) is 22. The molecule has 0 radical (unpaired) electrons. The molecule has 2 saturated carbocycles. The van der Waals surface area contributed by atoms with Crippen LogP contribution in [0.4, 0.5) is 11.4 Å². The molecule has 22 nitrogen and oxygen atoms in total. The molecule has 2 aliphatic heterocycles. The Morgan fingerprint density at radius 2 is 0.730 bits per heavy atom. The molecule has 2 heterocycles. The number of amides is 2. The minimum atomic E-state index is -0.977. The van der Waals surface area contributed by atoms with Crippen molar-refractivity contribution in [2.45, 2.75) is 153 Å². The van der Waals surface area contributed by atoms with Crippen LogP contribution in [-0.2, 0) is 70.0 Å². The van der Waals surface area contributed by atoms with Crippen molar-refractivity contribution in [1.82, 2.24) is 0 Å². The zero-order chi connectivity index (χ0) is 71.6. The SMILES string of the molecule is CCCCOc1ccc(C(=O)N(C)c2ccc(C(=O)OC3CCC(C(=O)Oc4c5c(c(OC(=O)C6CCC(OC(=O)c7ccc(N(C)C(=O)c8ccc(OCCCC)cc8)cc7)CC6)c6c4CC(=C(C(=O)OCC)C(=O)OCC)S6)SC(=C(C(=O)OCC)C(=O)OCC)C5)CC3)cc2)cc1. The van der Waals surface area contributed by atoms with Gasteiger partial charge in [0.1, 0.15) is 29.5 Å². The summed E-state index contributed by atoms with van der Waals surface area (Å²) in [5, 5.41) is 0. The van der Waals surface area contributed by atoms with Crippen molar-refractivity contribution in [3.05, 3.63) is 151 Å². The summed E-state index contributed by atoms with van der Waals surface area (Å²) >= 11 is 1.83. The van der Waals surface area contributed by atoms with Crippen LogP contribution < -0.4 is 28.7 Å². The van der Waals surface area contributed by atoms with E-state index in [1.54, 1.807) is 139 Å². The van der Waals surface area contributed by atoms with E-state index in [1.165, 1.54) is 9.80 Å². The zero-order valence-corrected chi connectivity index (χ0v) is 59.2. The lowest BCUT2D eigenvalue weighted by molar-refractivity contribution is -0.148. The normalized spacial score (nSPS) is 16.7. The third-order valence-corrected chi connectivity index (χ3v) is 19.9. The van der Waals surface area contributed by atoms with Crippen molar-refractivity contribution >= 4 is 94.5 Å². The summed E-state index contributed by atoms with van der Waals surface area (Å²) in [5.74, 6) is -7.10. The maximum Gasteiger partial charge on any atom is 0.346 e. The second kappa shape index (κ2) is 35.6. The molecular formula is C76H84N2O20S2. The standard InChI is InChI=1S/C76H84N2O20S2/c1-9-15-41-93-53-33-21-45(22-34-53)67(79)77(7)51-29-17-47(18-30-51)69(81)95-55-37-25-49(26-38-55)71(83)97-63-57-43-59(61(73(85)89-11-3)74(86)90-12-4)99-65(57)64(66-58(63)44-60(100-66)62(75(87)91-13-5)76(88)92-14-6)98-72(84)50-27-39-56(40-28-50)96-70(82)48-19-31-52(32-20-48)78(8)68(80)46-23-35-54(36-24-46)94-42-16-10-2/h17-24,29-36,49-50,55-56H,9-16,25-28,37-44H2,1-8H3. The Labute approximate surface area is 590 Å². The van der Waals surface area contributed by atoms with Gasteiger partial charge < -0.3 is 57.2 Å². The molecule has 24 heteroatoms. The van der Waals surface area contributed by atoms with Gasteiger partial charge in [0.05, 0.1) is 72.4 Å². The highest BCUT2D eigenvalue weighted by Gasteiger charge is 2.44. The molecule has 2 fully saturated rings. The minimum Gasteiger partial charge on any atom is -0.494 e. The van der Waals surface area contributed by atoms with E-state index in [1.807, 2.05) is 0 Å². The Hall–Kier alpha value is -9.42. The molecular weight excluding hydrogens is 1320 g/mol. The van der Waals surface area contributed by atoms with Crippen LogP contribution in [0.5, 0.6) is 23.0 Å². The number of carbonyl (C=O) groups excluding carboxylic acids is 10. The number of fused-ring (bicyclic) bond motifs is 2. The Kier molecular flexibility index (Phi) is 26.6. The van der Waals surface area contributed by atoms with E-state index in [9.17, 15) is 47.9 Å². The first-order valence-corrected chi connectivity index (χ1v) is 35.7. The molecule has 530 valence electrons. The maximum atomic E-state index is 14.8. The first kappa shape index (κ1) is 74.8. The van der Waals surface area contributed by atoms with E-state index in [0.717, 1.165) is 49.2 Å². The molecule has 0 saturated heterocycles. The smallest absolute Gasteiger partial charge is 0.346 e. The van der Waals surface area contributed by atoms with Crippen molar-refractivity contribution in [1.29, 1.82) is 0 Å². The predicted molar refractivity (Wildman–Crippen MR) is 372 cm³/mol. The summed E-state index contributed by atoms with van der Waals surface area (Å²) in [6, 6.07) is 26.8. The Bertz CT molecular complexity index is 3570. The molecule has 5 aromatic carbocycles. The van der Waals surface area contributed by atoms with Gasteiger partial charge in [-0.3, -0.25) is 19.2 Å². The highest BCUT2D eigenvalue weighted by molar-refractivity contribution is 8.04. The van der Waals surface area contributed by atoms with Crippen LogP contribution in [0, 0.1) is 11.8 Å². The van der Waals surface area contributed by atoms with Crippen molar-refractivity contribution in [3.8, 4) is 23.0 Å². The molecule has 4 aliphatic rings. The molecule has 0 aromatic heterocycles. The third kappa shape index (κ3) is 18.3. The Morgan fingerprint density at radius 1 is 0.410 bits per heavy atom. The summed E-state index contributed by atoms with van der Waals surface area (Å²) in [6.45, 7) is 11.3. The Balaban J connectivity index is 0.924. The van der Waals surface area contributed by atoms with Crippen LogP contribution in [0.15, 0.2) is 128 Å². The van der Waals surface area contributed by atoms with Gasteiger partial charge in [-0.25, -0.2) is 28.8 Å². The van der Waals surface area contributed by atoms with Gasteiger partial charge in [-0.15, -0.1) is 0 Å². The van der Waals surface area contributed by atoms with Gasteiger partial charge in [-0.05, 0) is 189 Å². The van der Waals surface area contributed by atoms with Crippen LogP contribution in [0.25, 0.3) is 0 Å². The van der Waals surface area contributed by atoms with Gasteiger partial charge in [0.25, 0.3) is 11.8 Å². The second-order valence-electron chi connectivity index (χ2n) is 24.2. The van der Waals surface area contributed by atoms with Gasteiger partial charge >= 0.3 is 47.8 Å². The summed E-state index contributed by atoms with van der Waals surface area (Å²) in [5.41, 5.74) is 2.20. The van der Waals surface area contributed by atoms with Gasteiger partial charge in [-0.1, -0.05) is 50.2 Å². The van der Waals surface area contributed by atoms with Crippen LogP contribution in [0.1, 0.15) is 171 Å². The number of thioether (sulfide) groups is 2. The number of allylic oxidation sites excluding steroid dienone is 2. The lowest BCUT2D eigenvalue weighted by Crippen LogP contribution is -2.31. The minimum absolute atomic E-state index is 0.0133. The van der Waals surface area contributed by atoms with Crippen LogP contribution >= 0.6 is 23.5 Å². The fourth-order valence-corrected chi connectivity index (χ4v) is 14.4. The molecule has 0 atom stereocenters. The third-order valence-electron chi connectivity index (χ3n) is 17.4. The lowest BCUT2D eigenvalue weighted by Gasteiger charge is -2.28. The van der Waals surface area contributed by atoms with E-state index in [0.29, 0.717) is 47.2 Å². The number of rotatable bonds is 28. The Morgan fingerprint density at radius 3 is 1.05 bits per heavy atom. The van der Waals surface area contributed by atoms with Gasteiger partial charge in [0.2, 0.25) is 0 Å². The number of hydrogen-bond donors (Lipinski definition) is 0. The molecule has 2 amide bonds. The molecule has 100 heavy (non-hydrogen) atoms. The van der Waals surface area contributed by atoms with Crippen molar-refractivity contribution in [3.63, 3.8) is 0 Å². The second-order valence-corrected chi connectivity index (χ2v) is 26.4. The topological polar surface area (TPSA) is 269 Å². The molecule has 2 aliphatic carbocycles. The van der Waals surface area contributed by atoms with Crippen LogP contribution in [-0.4, -0.2) is 126 Å². The van der Waals surface area contributed by atoms with E-state index >= 15 is 0 Å². The molecule has 0 N–H and O–H groups in total. The van der Waals surface area contributed by atoms with Crippen LogP contribution in [0.3, 0.4) is 0 Å². The van der Waals surface area contributed by atoms with E-state index in [-0.39, 0.29) is 156 Å². The van der Waals surface area contributed by atoms with Crippen molar-refractivity contribution in [2.24, 2.45) is 11.8 Å². The van der Waals surface area contributed by atoms with E-state index in [2.05, 4.69) is 13.8 Å².